The third-order valence-electron chi connectivity index (χ3n) is 1.91. The van der Waals surface area contributed by atoms with Crippen LogP contribution in [0.5, 0.6) is 5.75 Å². The number of aryl methyl sites for hydroxylation is 1. The van der Waals surface area contributed by atoms with Crippen molar-refractivity contribution in [2.75, 3.05) is 0 Å². The van der Waals surface area contributed by atoms with Crippen molar-refractivity contribution in [1.29, 1.82) is 0 Å². The second-order valence-electron chi connectivity index (χ2n) is 3.18. The van der Waals surface area contributed by atoms with Gasteiger partial charge in [-0.15, -0.1) is 0 Å². The topological polar surface area (TPSA) is 9.23 Å². The Morgan fingerprint density at radius 2 is 2.36 bits per heavy atom. The Labute approximate surface area is 86.1 Å². The molecule has 1 heteroatoms. The van der Waals surface area contributed by atoms with Crippen molar-refractivity contribution < 1.29 is 4.74 Å². The highest BCUT2D eigenvalue weighted by Crippen LogP contribution is 2.14. The molecule has 0 bridgehead atoms. The Balaban J connectivity index is 2.44. The predicted octanol–water partition coefficient (Wildman–Crippen LogP) is 3.33. The van der Waals surface area contributed by atoms with Crippen LogP contribution in [0.2, 0.25) is 0 Å². The van der Waals surface area contributed by atoms with Crippen LogP contribution in [-0.4, -0.2) is 0 Å². The van der Waals surface area contributed by atoms with Gasteiger partial charge in [0.05, 0.1) is 0 Å². The van der Waals surface area contributed by atoms with Crippen molar-refractivity contribution in [3.63, 3.8) is 0 Å². The molecule has 0 aliphatic rings. The first-order chi connectivity index (χ1) is 6.84. The fourth-order valence-corrected chi connectivity index (χ4v) is 1.02. The van der Waals surface area contributed by atoms with Crippen LogP contribution in [0.4, 0.5) is 0 Å². The number of hydrogen-bond acceptors (Lipinski definition) is 1. The molecule has 1 nitrogen and oxygen atoms in total. The van der Waals surface area contributed by atoms with Crippen LogP contribution in [0.1, 0.15) is 31.7 Å². The first kappa shape index (κ1) is 10.7. The maximum atomic E-state index is 5.30. The molecule has 0 saturated heterocycles. The molecule has 1 aromatic rings. The second kappa shape index (κ2) is 6.10. The van der Waals surface area contributed by atoms with Crippen LogP contribution in [-0.2, 0) is 0 Å². The third kappa shape index (κ3) is 3.53. The number of hydrogen-bond donors (Lipinski definition) is 0. The van der Waals surface area contributed by atoms with Crippen molar-refractivity contribution in [1.82, 2.24) is 0 Å². The lowest BCUT2D eigenvalue weighted by atomic mass is 10.2. The van der Waals surface area contributed by atoms with E-state index in [1.165, 1.54) is 6.42 Å². The molecule has 0 aromatic heterocycles. The molecular formula is C13H15O. The molecular weight excluding hydrogens is 172 g/mol. The predicted molar refractivity (Wildman–Crippen MR) is 57.9 cm³/mol. The van der Waals surface area contributed by atoms with Crippen LogP contribution < -0.4 is 4.74 Å². The van der Waals surface area contributed by atoms with E-state index in [0.29, 0.717) is 0 Å². The Bertz CT molecular complexity index is 331. The summed E-state index contributed by atoms with van der Waals surface area (Å²) in [6, 6.07) is 8.58. The lowest BCUT2D eigenvalue weighted by Crippen LogP contribution is -1.85. The molecule has 0 fully saturated rings. The molecule has 0 aliphatic heterocycles. The quantitative estimate of drug-likeness (QED) is 0.521. The zero-order valence-electron chi connectivity index (χ0n) is 8.76. The fourth-order valence-electron chi connectivity index (χ4n) is 1.02. The number of ether oxygens (including phenoxy) is 1. The Kier molecular flexibility index (Phi) is 4.64. The summed E-state index contributed by atoms with van der Waals surface area (Å²) in [5.41, 5.74) is 1.07. The first-order valence-electron chi connectivity index (χ1n) is 4.96. The molecule has 1 rings (SSSR count). The molecule has 1 radical (unpaired) electrons. The average molecular weight is 187 g/mol. The SMILES string of the molecule is CCCCC#COc1cc[c]cc1C. The van der Waals surface area contributed by atoms with E-state index in [2.05, 4.69) is 25.0 Å². The Morgan fingerprint density at radius 3 is 3.07 bits per heavy atom. The van der Waals surface area contributed by atoms with E-state index >= 15 is 0 Å². The van der Waals surface area contributed by atoms with Gasteiger partial charge in [0.15, 0.2) is 0 Å². The van der Waals surface area contributed by atoms with Crippen LogP contribution in [0.25, 0.3) is 0 Å². The highest BCUT2D eigenvalue weighted by atomic mass is 16.5. The molecule has 0 unspecified atom stereocenters. The van der Waals surface area contributed by atoms with E-state index in [-0.39, 0.29) is 0 Å². The molecule has 14 heavy (non-hydrogen) atoms. The van der Waals surface area contributed by atoms with E-state index in [1.807, 2.05) is 25.1 Å². The molecule has 0 atom stereocenters. The number of rotatable bonds is 3. The first-order valence-corrected chi connectivity index (χ1v) is 4.96. The summed E-state index contributed by atoms with van der Waals surface area (Å²) in [6.45, 7) is 4.14. The molecule has 0 spiro atoms. The lowest BCUT2D eigenvalue weighted by molar-refractivity contribution is 0.514. The van der Waals surface area contributed by atoms with Gasteiger partial charge in [-0.25, -0.2) is 0 Å². The van der Waals surface area contributed by atoms with Gasteiger partial charge in [0.1, 0.15) is 11.9 Å². The maximum Gasteiger partial charge on any atom is 0.143 e. The van der Waals surface area contributed by atoms with Gasteiger partial charge in [-0.3, -0.25) is 0 Å². The Morgan fingerprint density at radius 1 is 1.50 bits per heavy atom. The summed E-state index contributed by atoms with van der Waals surface area (Å²) in [6.07, 6.45) is 5.94. The van der Waals surface area contributed by atoms with E-state index < -0.39 is 0 Å². The molecule has 0 aliphatic carbocycles. The van der Waals surface area contributed by atoms with Crippen molar-refractivity contribution >= 4 is 0 Å². The summed E-state index contributed by atoms with van der Waals surface area (Å²) in [5, 5.41) is 0. The molecule has 73 valence electrons. The minimum absolute atomic E-state index is 0.827. The van der Waals surface area contributed by atoms with Crippen molar-refractivity contribution in [2.45, 2.75) is 33.1 Å². The highest BCUT2D eigenvalue weighted by molar-refractivity contribution is 5.32. The van der Waals surface area contributed by atoms with Crippen LogP contribution in [0, 0.1) is 25.0 Å². The van der Waals surface area contributed by atoms with E-state index in [1.54, 1.807) is 0 Å². The smallest absolute Gasteiger partial charge is 0.143 e. The van der Waals surface area contributed by atoms with Crippen LogP contribution in [0.15, 0.2) is 18.2 Å². The van der Waals surface area contributed by atoms with E-state index in [0.717, 1.165) is 24.2 Å². The van der Waals surface area contributed by atoms with Crippen molar-refractivity contribution in [3.8, 4) is 17.8 Å². The standard InChI is InChI=1S/C13H15O/c1-3-4-5-8-11-14-13-10-7-6-9-12(13)2/h7,9-10H,3-5H2,1-2H3. The molecule has 0 amide bonds. The normalized spacial score (nSPS) is 9.00. The second-order valence-corrected chi connectivity index (χ2v) is 3.18. The average Bonchev–Trinajstić information content (AvgIpc) is 2.20. The monoisotopic (exact) mass is 187 g/mol. The van der Waals surface area contributed by atoms with Gasteiger partial charge < -0.3 is 4.74 Å². The van der Waals surface area contributed by atoms with Gasteiger partial charge in [0, 0.05) is 6.42 Å². The fraction of sp³-hybridized carbons (Fsp3) is 0.385. The largest absolute Gasteiger partial charge is 0.407 e. The van der Waals surface area contributed by atoms with Crippen LogP contribution >= 0.6 is 0 Å². The molecule has 0 saturated carbocycles. The van der Waals surface area contributed by atoms with Gasteiger partial charge >= 0.3 is 0 Å². The Hall–Kier alpha value is -1.42. The lowest BCUT2D eigenvalue weighted by Gasteiger charge is -1.99. The van der Waals surface area contributed by atoms with Gasteiger partial charge in [0.25, 0.3) is 0 Å². The highest BCUT2D eigenvalue weighted by Gasteiger charge is 1.94. The molecule has 1 aromatic carbocycles. The number of unbranched alkanes of at least 4 members (excludes halogenated alkanes) is 2. The minimum Gasteiger partial charge on any atom is -0.407 e. The van der Waals surface area contributed by atoms with Gasteiger partial charge in [-0.2, -0.15) is 0 Å². The molecule has 0 N–H and O–H groups in total. The summed E-state index contributed by atoms with van der Waals surface area (Å²) in [4.78, 5) is 0. The maximum absolute atomic E-state index is 5.30. The van der Waals surface area contributed by atoms with Gasteiger partial charge in [-0.05, 0) is 37.1 Å². The van der Waals surface area contributed by atoms with E-state index in [4.69, 9.17) is 4.74 Å². The summed E-state index contributed by atoms with van der Waals surface area (Å²) in [7, 11) is 0. The number of benzene rings is 1. The zero-order valence-corrected chi connectivity index (χ0v) is 8.76. The van der Waals surface area contributed by atoms with Gasteiger partial charge in [-0.1, -0.05) is 25.3 Å². The van der Waals surface area contributed by atoms with Crippen molar-refractivity contribution in [2.24, 2.45) is 0 Å². The summed E-state index contributed by atoms with van der Waals surface area (Å²) in [5.74, 6) is 3.81. The summed E-state index contributed by atoms with van der Waals surface area (Å²) < 4.78 is 5.30. The minimum atomic E-state index is 0.827. The van der Waals surface area contributed by atoms with Gasteiger partial charge in [0.2, 0.25) is 0 Å². The van der Waals surface area contributed by atoms with E-state index in [9.17, 15) is 0 Å². The zero-order chi connectivity index (χ0) is 10.2. The summed E-state index contributed by atoms with van der Waals surface area (Å²) >= 11 is 0. The molecule has 0 heterocycles. The van der Waals surface area contributed by atoms with Crippen LogP contribution in [0.3, 0.4) is 0 Å². The third-order valence-corrected chi connectivity index (χ3v) is 1.91. The van der Waals surface area contributed by atoms with Crippen molar-refractivity contribution in [3.05, 3.63) is 29.8 Å².